The summed E-state index contributed by atoms with van der Waals surface area (Å²) in [5, 5.41) is 10.1. The van der Waals surface area contributed by atoms with E-state index in [-0.39, 0.29) is 0 Å². The van der Waals surface area contributed by atoms with Gasteiger partial charge in [0.1, 0.15) is 12.2 Å². The number of aromatic amines is 1. The van der Waals surface area contributed by atoms with Crippen LogP contribution in [0.1, 0.15) is 11.4 Å². The number of thioether (sulfide) groups is 1. The van der Waals surface area contributed by atoms with Gasteiger partial charge in [0, 0.05) is 24.4 Å². The third-order valence-electron chi connectivity index (χ3n) is 3.11. The predicted molar refractivity (Wildman–Crippen MR) is 83.1 cm³/mol. The second kappa shape index (κ2) is 7.90. The van der Waals surface area contributed by atoms with Gasteiger partial charge in [-0.1, -0.05) is 0 Å². The van der Waals surface area contributed by atoms with E-state index >= 15 is 0 Å². The molecule has 0 bridgehead atoms. The highest BCUT2D eigenvalue weighted by atomic mass is 32.2. The molecule has 0 unspecified atom stereocenters. The quantitative estimate of drug-likeness (QED) is 0.573. The van der Waals surface area contributed by atoms with Crippen LogP contribution >= 0.6 is 11.8 Å². The first-order valence-corrected chi connectivity index (χ1v) is 7.84. The second-order valence-corrected chi connectivity index (χ2v) is 5.23. The summed E-state index contributed by atoms with van der Waals surface area (Å²) in [4.78, 5) is 5.28. The molecule has 7 heteroatoms. The Balaban J connectivity index is 1.97. The molecule has 0 fully saturated rings. The van der Waals surface area contributed by atoms with Crippen LogP contribution in [0.5, 0.6) is 11.5 Å². The van der Waals surface area contributed by atoms with Gasteiger partial charge < -0.3 is 14.8 Å². The molecule has 0 aliphatic heterocycles. The molecule has 21 heavy (non-hydrogen) atoms. The topological polar surface area (TPSA) is 72.1 Å². The molecule has 1 aromatic heterocycles. The third-order valence-corrected chi connectivity index (χ3v) is 3.93. The first-order valence-electron chi connectivity index (χ1n) is 6.62. The molecule has 114 valence electrons. The number of aromatic nitrogens is 3. The van der Waals surface area contributed by atoms with Crippen LogP contribution in [0.3, 0.4) is 0 Å². The van der Waals surface area contributed by atoms with Crippen molar-refractivity contribution in [3.63, 3.8) is 0 Å². The Morgan fingerprint density at radius 2 is 2.00 bits per heavy atom. The third kappa shape index (κ3) is 4.12. The second-order valence-electron chi connectivity index (χ2n) is 4.38. The summed E-state index contributed by atoms with van der Waals surface area (Å²) in [6.45, 7) is 1.60. The average Bonchev–Trinajstić information content (AvgIpc) is 3.04. The van der Waals surface area contributed by atoms with E-state index < -0.39 is 0 Å². The highest BCUT2D eigenvalue weighted by molar-refractivity contribution is 7.98. The Kier molecular flexibility index (Phi) is 5.89. The molecule has 2 rings (SSSR count). The number of rotatable bonds is 8. The predicted octanol–water partition coefficient (Wildman–Crippen LogP) is 1.88. The van der Waals surface area contributed by atoms with Crippen molar-refractivity contribution in [1.82, 2.24) is 20.5 Å². The lowest BCUT2D eigenvalue weighted by Gasteiger charge is -2.14. The zero-order chi connectivity index (χ0) is 15.1. The van der Waals surface area contributed by atoms with Gasteiger partial charge in [-0.3, -0.25) is 5.10 Å². The summed E-state index contributed by atoms with van der Waals surface area (Å²) >= 11 is 1.70. The number of ether oxygens (including phenoxy) is 2. The SMILES string of the molecule is COc1cc(CNCCc2ncn[nH]2)c(SC)cc1OC. The molecule has 0 aliphatic carbocycles. The van der Waals surface area contributed by atoms with Crippen molar-refractivity contribution in [3.8, 4) is 11.5 Å². The van der Waals surface area contributed by atoms with Crippen LogP contribution in [0.4, 0.5) is 0 Å². The van der Waals surface area contributed by atoms with Gasteiger partial charge in [0.2, 0.25) is 0 Å². The lowest BCUT2D eigenvalue weighted by molar-refractivity contribution is 0.353. The molecule has 0 atom stereocenters. The molecule has 0 spiro atoms. The van der Waals surface area contributed by atoms with Crippen LogP contribution in [0.25, 0.3) is 0 Å². The zero-order valence-electron chi connectivity index (χ0n) is 12.5. The van der Waals surface area contributed by atoms with E-state index in [0.717, 1.165) is 36.8 Å². The molecule has 0 aliphatic rings. The van der Waals surface area contributed by atoms with Crippen molar-refractivity contribution < 1.29 is 9.47 Å². The number of methoxy groups -OCH3 is 2. The summed E-state index contributed by atoms with van der Waals surface area (Å²) in [6.07, 6.45) is 4.40. The Morgan fingerprint density at radius 3 is 2.62 bits per heavy atom. The molecule has 0 saturated carbocycles. The fourth-order valence-electron chi connectivity index (χ4n) is 2.01. The van der Waals surface area contributed by atoms with Crippen molar-refractivity contribution in [1.29, 1.82) is 0 Å². The van der Waals surface area contributed by atoms with Crippen molar-refractivity contribution in [2.45, 2.75) is 17.9 Å². The first-order chi connectivity index (χ1) is 10.3. The lowest BCUT2D eigenvalue weighted by Crippen LogP contribution is -2.17. The van der Waals surface area contributed by atoms with Crippen molar-refractivity contribution in [2.75, 3.05) is 27.0 Å². The molecule has 0 radical (unpaired) electrons. The highest BCUT2D eigenvalue weighted by Gasteiger charge is 2.10. The Bertz CT molecular complexity index is 560. The summed E-state index contributed by atoms with van der Waals surface area (Å²) in [7, 11) is 3.30. The van der Waals surface area contributed by atoms with Gasteiger partial charge in [0.25, 0.3) is 0 Å². The highest BCUT2D eigenvalue weighted by Crippen LogP contribution is 2.34. The van der Waals surface area contributed by atoms with E-state index in [1.807, 2.05) is 12.1 Å². The fourth-order valence-corrected chi connectivity index (χ4v) is 2.63. The minimum absolute atomic E-state index is 0.752. The van der Waals surface area contributed by atoms with E-state index in [0.29, 0.717) is 0 Å². The van der Waals surface area contributed by atoms with Crippen LogP contribution in [-0.4, -0.2) is 42.2 Å². The molecule has 0 saturated heterocycles. The van der Waals surface area contributed by atoms with E-state index in [1.54, 1.807) is 26.0 Å². The van der Waals surface area contributed by atoms with Gasteiger partial charge >= 0.3 is 0 Å². The maximum absolute atomic E-state index is 5.36. The normalized spacial score (nSPS) is 10.6. The van der Waals surface area contributed by atoms with Gasteiger partial charge in [-0.15, -0.1) is 11.8 Å². The number of nitrogens with zero attached hydrogens (tertiary/aromatic N) is 2. The summed E-state index contributed by atoms with van der Waals surface area (Å²) < 4.78 is 10.7. The smallest absolute Gasteiger partial charge is 0.161 e. The van der Waals surface area contributed by atoms with Gasteiger partial charge in [0.05, 0.1) is 14.2 Å². The zero-order valence-corrected chi connectivity index (χ0v) is 13.3. The standard InChI is InChI=1S/C14H20N4O2S/c1-19-11-6-10(13(21-3)7-12(11)20-2)8-15-5-4-14-16-9-17-18-14/h6-7,9,15H,4-5,8H2,1-3H3,(H,16,17,18). The number of nitrogens with one attached hydrogen (secondary N) is 2. The van der Waals surface area contributed by atoms with Crippen LogP contribution < -0.4 is 14.8 Å². The number of hydrogen-bond donors (Lipinski definition) is 2. The lowest BCUT2D eigenvalue weighted by atomic mass is 10.2. The van der Waals surface area contributed by atoms with Gasteiger partial charge in [-0.05, 0) is 24.0 Å². The average molecular weight is 308 g/mol. The molecule has 0 amide bonds. The summed E-state index contributed by atoms with van der Waals surface area (Å²) in [5.41, 5.74) is 1.19. The molecular weight excluding hydrogens is 288 g/mol. The maximum Gasteiger partial charge on any atom is 0.161 e. The molecular formula is C14H20N4O2S. The summed E-state index contributed by atoms with van der Waals surface area (Å²) in [6, 6.07) is 4.03. The van der Waals surface area contributed by atoms with Crippen LogP contribution in [0.15, 0.2) is 23.4 Å². The Labute approximate surface area is 128 Å². The van der Waals surface area contributed by atoms with Gasteiger partial charge in [0.15, 0.2) is 11.5 Å². The first kappa shape index (κ1) is 15.7. The Morgan fingerprint density at radius 1 is 1.24 bits per heavy atom. The molecule has 1 heterocycles. The number of H-pyrrole nitrogens is 1. The largest absolute Gasteiger partial charge is 0.493 e. The maximum atomic E-state index is 5.36. The van der Waals surface area contributed by atoms with E-state index in [2.05, 4.69) is 26.8 Å². The van der Waals surface area contributed by atoms with Gasteiger partial charge in [-0.2, -0.15) is 5.10 Å². The monoisotopic (exact) mass is 308 g/mol. The van der Waals surface area contributed by atoms with Crippen LogP contribution in [0, 0.1) is 0 Å². The van der Waals surface area contributed by atoms with E-state index in [4.69, 9.17) is 9.47 Å². The Hall–Kier alpha value is -1.73. The van der Waals surface area contributed by atoms with Crippen LogP contribution in [0.2, 0.25) is 0 Å². The van der Waals surface area contributed by atoms with Crippen molar-refractivity contribution in [3.05, 3.63) is 29.8 Å². The van der Waals surface area contributed by atoms with Crippen molar-refractivity contribution >= 4 is 11.8 Å². The molecule has 2 aromatic rings. The molecule has 1 aromatic carbocycles. The van der Waals surface area contributed by atoms with Crippen molar-refractivity contribution in [2.24, 2.45) is 0 Å². The van der Waals surface area contributed by atoms with Crippen LogP contribution in [-0.2, 0) is 13.0 Å². The van der Waals surface area contributed by atoms with Gasteiger partial charge in [-0.25, -0.2) is 4.98 Å². The summed E-state index contributed by atoms with van der Waals surface area (Å²) in [5.74, 6) is 2.40. The minimum atomic E-state index is 0.752. The van der Waals surface area contributed by atoms with E-state index in [1.165, 1.54) is 16.8 Å². The molecule has 6 nitrogen and oxygen atoms in total. The van der Waals surface area contributed by atoms with E-state index in [9.17, 15) is 0 Å². The molecule has 2 N–H and O–H groups in total. The number of hydrogen-bond acceptors (Lipinski definition) is 6. The number of benzene rings is 1. The fraction of sp³-hybridized carbons (Fsp3) is 0.429. The minimum Gasteiger partial charge on any atom is -0.493 e.